The van der Waals surface area contributed by atoms with Gasteiger partial charge in [-0.2, -0.15) is 5.26 Å². The lowest BCUT2D eigenvalue weighted by atomic mass is 9.88. The number of ketones is 1. The van der Waals surface area contributed by atoms with Crippen molar-refractivity contribution < 1.29 is 4.79 Å². The van der Waals surface area contributed by atoms with Crippen LogP contribution >= 0.6 is 0 Å². The van der Waals surface area contributed by atoms with Crippen molar-refractivity contribution in [3.05, 3.63) is 17.7 Å². The lowest BCUT2D eigenvalue weighted by molar-refractivity contribution is 0.0853. The normalized spacial score (nSPS) is 10.9. The fourth-order valence-electron chi connectivity index (χ4n) is 0.927. The molecule has 0 saturated heterocycles. The summed E-state index contributed by atoms with van der Waals surface area (Å²) in [5.74, 6) is -0.0958. The van der Waals surface area contributed by atoms with Gasteiger partial charge in [0.25, 0.3) is 0 Å². The van der Waals surface area contributed by atoms with Crippen molar-refractivity contribution in [1.29, 1.82) is 5.26 Å². The minimum absolute atomic E-state index is 0.0958. The highest BCUT2D eigenvalue weighted by Gasteiger charge is 2.26. The Hall–Kier alpha value is -1.63. The van der Waals surface area contributed by atoms with E-state index >= 15 is 0 Å². The third kappa shape index (κ3) is 1.75. The van der Waals surface area contributed by atoms with Gasteiger partial charge in [-0.25, -0.2) is 4.98 Å². The van der Waals surface area contributed by atoms with E-state index in [1.165, 1.54) is 6.33 Å². The predicted molar refractivity (Wildman–Crippen MR) is 47.1 cm³/mol. The zero-order valence-electron chi connectivity index (χ0n) is 7.88. The monoisotopic (exact) mass is 177 g/mol. The van der Waals surface area contributed by atoms with Crippen LogP contribution in [-0.4, -0.2) is 15.8 Å². The molecule has 0 aliphatic rings. The summed E-state index contributed by atoms with van der Waals surface area (Å²) in [4.78, 5) is 18.1. The number of imidazole rings is 1. The summed E-state index contributed by atoms with van der Waals surface area (Å²) in [5.41, 5.74) is -0.0204. The number of aromatic nitrogens is 2. The lowest BCUT2D eigenvalue weighted by Gasteiger charge is -2.14. The van der Waals surface area contributed by atoms with E-state index in [0.717, 1.165) is 0 Å². The average molecular weight is 177 g/mol. The molecule has 4 nitrogen and oxygen atoms in total. The molecule has 4 heteroatoms. The Labute approximate surface area is 76.6 Å². The van der Waals surface area contributed by atoms with Crippen molar-refractivity contribution >= 4 is 5.78 Å². The lowest BCUT2D eigenvalue weighted by Crippen LogP contribution is -2.21. The van der Waals surface area contributed by atoms with Gasteiger partial charge in [0.05, 0.1) is 6.33 Å². The fourth-order valence-corrected chi connectivity index (χ4v) is 0.927. The topological polar surface area (TPSA) is 69.5 Å². The molecular weight excluding hydrogens is 166 g/mol. The minimum Gasteiger partial charge on any atom is -0.341 e. The van der Waals surface area contributed by atoms with E-state index < -0.39 is 5.41 Å². The summed E-state index contributed by atoms with van der Waals surface area (Å²) in [5, 5.41) is 8.64. The molecule has 1 N–H and O–H groups in total. The molecule has 0 amide bonds. The highest BCUT2D eigenvalue weighted by Crippen LogP contribution is 2.20. The van der Waals surface area contributed by atoms with Crippen LogP contribution < -0.4 is 0 Å². The van der Waals surface area contributed by atoms with Gasteiger partial charge in [0.15, 0.2) is 11.5 Å². The van der Waals surface area contributed by atoms with Crippen LogP contribution in [-0.2, 0) is 0 Å². The Kier molecular flexibility index (Phi) is 2.20. The molecule has 13 heavy (non-hydrogen) atoms. The van der Waals surface area contributed by atoms with E-state index in [9.17, 15) is 4.79 Å². The second-order valence-electron chi connectivity index (χ2n) is 3.82. The van der Waals surface area contributed by atoms with Crippen molar-refractivity contribution in [3.63, 3.8) is 0 Å². The van der Waals surface area contributed by atoms with Crippen molar-refractivity contribution in [2.24, 2.45) is 5.41 Å². The van der Waals surface area contributed by atoms with Crippen LogP contribution in [0.3, 0.4) is 0 Å². The Balaban J connectivity index is 3.11. The van der Waals surface area contributed by atoms with Gasteiger partial charge in [0.1, 0.15) is 11.8 Å². The molecular formula is C9H11N3O. The SMILES string of the molecule is CC(C)(C)C(=O)c1[nH]cnc1C#N. The van der Waals surface area contributed by atoms with Gasteiger partial charge in [-0.05, 0) is 0 Å². The number of nitrogens with zero attached hydrogens (tertiary/aromatic N) is 2. The van der Waals surface area contributed by atoms with Crippen molar-refractivity contribution in [1.82, 2.24) is 9.97 Å². The molecule has 0 aliphatic carbocycles. The summed E-state index contributed by atoms with van der Waals surface area (Å²) in [6.07, 6.45) is 1.36. The molecule has 0 radical (unpaired) electrons. The molecule has 0 fully saturated rings. The molecule has 1 rings (SSSR count). The highest BCUT2D eigenvalue weighted by atomic mass is 16.1. The van der Waals surface area contributed by atoms with Crippen LogP contribution in [0, 0.1) is 16.7 Å². The highest BCUT2D eigenvalue weighted by molar-refractivity contribution is 5.99. The molecule has 0 bridgehead atoms. The number of rotatable bonds is 1. The third-order valence-electron chi connectivity index (χ3n) is 1.65. The number of Topliss-reactive ketones (excluding diaryl/α,β-unsaturated/α-hetero) is 1. The van der Waals surface area contributed by atoms with Gasteiger partial charge in [0, 0.05) is 5.41 Å². The largest absolute Gasteiger partial charge is 0.341 e. The van der Waals surface area contributed by atoms with E-state index in [0.29, 0.717) is 5.69 Å². The van der Waals surface area contributed by atoms with Crippen LogP contribution in [0.25, 0.3) is 0 Å². The number of nitrogens with one attached hydrogen (secondary N) is 1. The van der Waals surface area contributed by atoms with Gasteiger partial charge >= 0.3 is 0 Å². The van der Waals surface area contributed by atoms with Crippen molar-refractivity contribution in [2.75, 3.05) is 0 Å². The maximum atomic E-state index is 11.7. The number of hydrogen-bond acceptors (Lipinski definition) is 3. The minimum atomic E-state index is -0.488. The number of carbonyl (C=O) groups is 1. The van der Waals surface area contributed by atoms with E-state index in [1.807, 2.05) is 6.07 Å². The fraction of sp³-hybridized carbons (Fsp3) is 0.444. The second-order valence-corrected chi connectivity index (χ2v) is 3.82. The summed E-state index contributed by atoms with van der Waals surface area (Å²) in [7, 11) is 0. The number of aromatic amines is 1. The average Bonchev–Trinajstić information content (AvgIpc) is 2.48. The molecule has 1 heterocycles. The van der Waals surface area contributed by atoms with Crippen LogP contribution in [0.1, 0.15) is 37.0 Å². The van der Waals surface area contributed by atoms with Gasteiger partial charge in [-0.15, -0.1) is 0 Å². The molecule has 1 aromatic heterocycles. The maximum Gasteiger partial charge on any atom is 0.187 e. The molecule has 68 valence electrons. The van der Waals surface area contributed by atoms with Crippen molar-refractivity contribution in [2.45, 2.75) is 20.8 Å². The predicted octanol–water partition coefficient (Wildman–Crippen LogP) is 1.51. The standard InChI is InChI=1S/C9H11N3O/c1-9(2,3)8(13)7-6(4-10)11-5-12-7/h5H,1-3H3,(H,11,12). The van der Waals surface area contributed by atoms with E-state index in [2.05, 4.69) is 9.97 Å². The Bertz CT molecular complexity index is 365. The van der Waals surface area contributed by atoms with E-state index in [1.54, 1.807) is 20.8 Å². The first kappa shape index (κ1) is 9.46. The first-order valence-electron chi connectivity index (χ1n) is 3.95. The summed E-state index contributed by atoms with van der Waals surface area (Å²) in [6, 6.07) is 1.87. The van der Waals surface area contributed by atoms with Gasteiger partial charge in [0.2, 0.25) is 0 Å². The Morgan fingerprint density at radius 2 is 2.23 bits per heavy atom. The number of H-pyrrole nitrogens is 1. The molecule has 0 saturated carbocycles. The number of nitriles is 1. The van der Waals surface area contributed by atoms with Gasteiger partial charge < -0.3 is 4.98 Å². The van der Waals surface area contributed by atoms with Crippen LogP contribution in [0.5, 0.6) is 0 Å². The summed E-state index contributed by atoms with van der Waals surface area (Å²) in [6.45, 7) is 5.41. The number of carbonyl (C=O) groups excluding carboxylic acids is 1. The van der Waals surface area contributed by atoms with E-state index in [-0.39, 0.29) is 11.5 Å². The molecule has 0 aromatic carbocycles. The summed E-state index contributed by atoms with van der Waals surface area (Å²) >= 11 is 0. The Morgan fingerprint density at radius 3 is 2.69 bits per heavy atom. The van der Waals surface area contributed by atoms with Crippen LogP contribution in [0.4, 0.5) is 0 Å². The zero-order chi connectivity index (χ0) is 10.1. The molecule has 0 unspecified atom stereocenters. The molecule has 1 aromatic rings. The summed E-state index contributed by atoms with van der Waals surface area (Å²) < 4.78 is 0. The van der Waals surface area contributed by atoms with Crippen LogP contribution in [0.2, 0.25) is 0 Å². The number of hydrogen-bond donors (Lipinski definition) is 1. The zero-order valence-corrected chi connectivity index (χ0v) is 7.88. The van der Waals surface area contributed by atoms with E-state index in [4.69, 9.17) is 5.26 Å². The third-order valence-corrected chi connectivity index (χ3v) is 1.65. The second kappa shape index (κ2) is 3.02. The maximum absolute atomic E-state index is 11.7. The Morgan fingerprint density at radius 1 is 1.62 bits per heavy atom. The molecule has 0 atom stereocenters. The quantitative estimate of drug-likeness (QED) is 0.661. The first-order valence-corrected chi connectivity index (χ1v) is 3.95. The smallest absolute Gasteiger partial charge is 0.187 e. The van der Waals surface area contributed by atoms with Crippen LogP contribution in [0.15, 0.2) is 6.33 Å². The first-order chi connectivity index (χ1) is 5.96. The van der Waals surface area contributed by atoms with Gasteiger partial charge in [-0.3, -0.25) is 4.79 Å². The molecule has 0 aliphatic heterocycles. The van der Waals surface area contributed by atoms with Gasteiger partial charge in [-0.1, -0.05) is 20.8 Å². The van der Waals surface area contributed by atoms with Crippen molar-refractivity contribution in [3.8, 4) is 6.07 Å². The molecule has 0 spiro atoms.